The van der Waals surface area contributed by atoms with Gasteiger partial charge in [0.05, 0.1) is 5.60 Å². The minimum atomic E-state index is -3.42. The summed E-state index contributed by atoms with van der Waals surface area (Å²) in [4.78, 5) is 0. The lowest BCUT2D eigenvalue weighted by atomic mass is 9.95. The first-order chi connectivity index (χ1) is 11.9. The van der Waals surface area contributed by atoms with Crippen molar-refractivity contribution in [1.29, 1.82) is 0 Å². The molecule has 0 amide bonds. The zero-order valence-corrected chi connectivity index (χ0v) is 14.8. The molecule has 0 radical (unpaired) electrons. The Morgan fingerprint density at radius 1 is 1.15 bits per heavy atom. The maximum absolute atomic E-state index is 10.6. The Hall–Kier alpha value is -1.46. The van der Waals surface area contributed by atoms with Gasteiger partial charge >= 0.3 is 6.16 Å². The minimum absolute atomic E-state index is 0.0263. The van der Waals surface area contributed by atoms with E-state index in [-0.39, 0.29) is 18.0 Å². The van der Waals surface area contributed by atoms with Crippen LogP contribution in [0.3, 0.4) is 0 Å². The van der Waals surface area contributed by atoms with E-state index in [0.29, 0.717) is 18.4 Å². The van der Waals surface area contributed by atoms with Gasteiger partial charge in [-0.05, 0) is 44.4 Å². The van der Waals surface area contributed by atoms with Crippen LogP contribution in [-0.2, 0) is 5.60 Å². The summed E-state index contributed by atoms with van der Waals surface area (Å²) in [6, 6.07) is 4.09. The molecule has 2 atom stereocenters. The molecule has 1 aliphatic carbocycles. The second kappa shape index (κ2) is 7.65. The molecular weight excluding hydrogens is 346 g/mol. The summed E-state index contributed by atoms with van der Waals surface area (Å²) in [6.45, 7) is 3.06. The summed E-state index contributed by atoms with van der Waals surface area (Å²) in [5, 5.41) is 60.4. The number of benzene rings is 1. The van der Waals surface area contributed by atoms with Crippen molar-refractivity contribution < 1.29 is 40.1 Å². The van der Waals surface area contributed by atoms with Gasteiger partial charge in [0.1, 0.15) is 6.23 Å². The van der Waals surface area contributed by atoms with E-state index in [1.165, 1.54) is 32.0 Å². The highest BCUT2D eigenvalue weighted by molar-refractivity contribution is 5.45. The monoisotopic (exact) mass is 373 g/mol. The molecule has 0 aliphatic heterocycles. The average molecular weight is 373 g/mol. The molecule has 1 saturated carbocycles. The number of rotatable bonds is 8. The molecule has 1 aliphatic rings. The third-order valence-corrected chi connectivity index (χ3v) is 4.24. The molecule has 0 aromatic heterocycles. The third kappa shape index (κ3) is 5.78. The van der Waals surface area contributed by atoms with Gasteiger partial charge in [0, 0.05) is 19.4 Å². The Kier molecular flexibility index (Phi) is 6.13. The molecule has 0 bridgehead atoms. The lowest BCUT2D eigenvalue weighted by molar-refractivity contribution is -0.420. The highest BCUT2D eigenvalue weighted by Crippen LogP contribution is 2.39. The lowest BCUT2D eigenvalue weighted by Gasteiger charge is -2.29. The fourth-order valence-electron chi connectivity index (χ4n) is 2.84. The molecule has 2 rings (SSSR count). The highest BCUT2D eigenvalue weighted by Gasteiger charge is 2.36. The lowest BCUT2D eigenvalue weighted by Crippen LogP contribution is -2.40. The van der Waals surface area contributed by atoms with Crippen molar-refractivity contribution in [3.63, 3.8) is 0 Å². The van der Waals surface area contributed by atoms with Gasteiger partial charge in [0.25, 0.3) is 0 Å². The molecular formula is C17H27NO8. The number of nitrogens with one attached hydrogen (secondary N) is 1. The van der Waals surface area contributed by atoms with E-state index < -0.39 is 23.8 Å². The number of aliphatic hydroxyl groups is 6. The van der Waals surface area contributed by atoms with Gasteiger partial charge in [-0.2, -0.15) is 0 Å². The fraction of sp³-hybridized carbons (Fsp3) is 0.647. The Labute approximate surface area is 151 Å². The van der Waals surface area contributed by atoms with Crippen LogP contribution < -0.4 is 14.8 Å². The third-order valence-electron chi connectivity index (χ3n) is 4.24. The van der Waals surface area contributed by atoms with Gasteiger partial charge in [0.15, 0.2) is 11.5 Å². The SMILES string of the molecule is CC(O)NCC(C)(O)c1ccc(OC(O)(O)O)c(OC2(O)CCCC2)c1. The molecule has 148 valence electrons. The van der Waals surface area contributed by atoms with Crippen molar-refractivity contribution in [2.75, 3.05) is 6.54 Å². The Balaban J connectivity index is 2.33. The van der Waals surface area contributed by atoms with Gasteiger partial charge in [-0.3, -0.25) is 5.32 Å². The molecule has 0 heterocycles. The number of ether oxygens (including phenoxy) is 2. The molecule has 0 spiro atoms. The Bertz CT molecular complexity index is 605. The highest BCUT2D eigenvalue weighted by atomic mass is 16.9. The van der Waals surface area contributed by atoms with Crippen LogP contribution in [0.25, 0.3) is 0 Å². The second-order valence-corrected chi connectivity index (χ2v) is 6.92. The van der Waals surface area contributed by atoms with Gasteiger partial charge < -0.3 is 40.1 Å². The summed E-state index contributed by atoms with van der Waals surface area (Å²) in [6.07, 6.45) is -1.93. The predicted octanol–water partition coefficient (Wildman–Crippen LogP) is -0.570. The van der Waals surface area contributed by atoms with E-state index in [1.807, 2.05) is 0 Å². The molecule has 0 saturated heterocycles. The van der Waals surface area contributed by atoms with E-state index in [2.05, 4.69) is 10.1 Å². The Morgan fingerprint density at radius 2 is 1.77 bits per heavy atom. The maximum Gasteiger partial charge on any atom is 0.453 e. The Morgan fingerprint density at radius 3 is 2.31 bits per heavy atom. The van der Waals surface area contributed by atoms with Gasteiger partial charge in [0.2, 0.25) is 5.79 Å². The molecule has 7 N–H and O–H groups in total. The van der Waals surface area contributed by atoms with Gasteiger partial charge in [-0.1, -0.05) is 6.07 Å². The van der Waals surface area contributed by atoms with E-state index in [0.717, 1.165) is 12.8 Å². The second-order valence-electron chi connectivity index (χ2n) is 6.92. The smallest absolute Gasteiger partial charge is 0.453 e. The van der Waals surface area contributed by atoms with Crippen molar-refractivity contribution in [2.24, 2.45) is 0 Å². The molecule has 26 heavy (non-hydrogen) atoms. The van der Waals surface area contributed by atoms with Crippen LogP contribution in [0.2, 0.25) is 0 Å². The van der Waals surface area contributed by atoms with Crippen LogP contribution in [0.5, 0.6) is 11.5 Å². The van der Waals surface area contributed by atoms with Gasteiger partial charge in [-0.15, -0.1) is 0 Å². The van der Waals surface area contributed by atoms with Crippen LogP contribution >= 0.6 is 0 Å². The van der Waals surface area contributed by atoms with Crippen LogP contribution in [0.15, 0.2) is 18.2 Å². The average Bonchev–Trinajstić information content (AvgIpc) is 2.92. The quantitative estimate of drug-likeness (QED) is 0.297. The first-order valence-corrected chi connectivity index (χ1v) is 8.46. The van der Waals surface area contributed by atoms with Crippen molar-refractivity contribution in [1.82, 2.24) is 5.32 Å². The van der Waals surface area contributed by atoms with Crippen LogP contribution in [0.1, 0.15) is 45.1 Å². The van der Waals surface area contributed by atoms with Crippen LogP contribution in [-0.4, -0.2) is 55.4 Å². The topological polar surface area (TPSA) is 152 Å². The van der Waals surface area contributed by atoms with E-state index >= 15 is 0 Å². The first kappa shape index (κ1) is 20.8. The predicted molar refractivity (Wildman–Crippen MR) is 89.8 cm³/mol. The maximum atomic E-state index is 10.6. The summed E-state index contributed by atoms with van der Waals surface area (Å²) < 4.78 is 10.3. The van der Waals surface area contributed by atoms with Gasteiger partial charge in [-0.25, -0.2) is 0 Å². The van der Waals surface area contributed by atoms with Crippen molar-refractivity contribution in [3.8, 4) is 11.5 Å². The first-order valence-electron chi connectivity index (χ1n) is 8.46. The summed E-state index contributed by atoms with van der Waals surface area (Å²) in [5.74, 6) is -1.73. The number of hydrogen-bond acceptors (Lipinski definition) is 9. The zero-order valence-electron chi connectivity index (χ0n) is 14.8. The fourth-order valence-corrected chi connectivity index (χ4v) is 2.84. The number of hydrogen-bond donors (Lipinski definition) is 7. The molecule has 1 aromatic rings. The standard InChI is InChI=1S/C17H27NO8/c1-11(19)18-10-15(2,20)12-5-6-13(26-17(22,23)24)14(9-12)25-16(21)7-3-4-8-16/h5-6,9,11,18-24H,3-4,7-8,10H2,1-2H3. The van der Waals surface area contributed by atoms with Crippen LogP contribution in [0, 0.1) is 0 Å². The molecule has 9 heteroatoms. The van der Waals surface area contributed by atoms with Crippen LogP contribution in [0.4, 0.5) is 0 Å². The van der Waals surface area contributed by atoms with E-state index in [4.69, 9.17) is 20.1 Å². The normalized spacial score (nSPS) is 20.5. The minimum Gasteiger partial charge on any atom is -0.459 e. The van der Waals surface area contributed by atoms with E-state index in [1.54, 1.807) is 0 Å². The molecule has 1 fully saturated rings. The summed E-state index contributed by atoms with van der Waals surface area (Å²) >= 11 is 0. The summed E-state index contributed by atoms with van der Waals surface area (Å²) in [7, 11) is 0. The van der Waals surface area contributed by atoms with Crippen molar-refractivity contribution in [3.05, 3.63) is 23.8 Å². The number of aliphatic hydroxyl groups excluding tert-OH is 1. The molecule has 2 unspecified atom stereocenters. The zero-order chi connectivity index (χ0) is 19.6. The molecule has 9 nitrogen and oxygen atoms in total. The summed E-state index contributed by atoms with van der Waals surface area (Å²) in [5.41, 5.74) is -1.03. The largest absolute Gasteiger partial charge is 0.459 e. The van der Waals surface area contributed by atoms with Crippen molar-refractivity contribution >= 4 is 0 Å². The molecule has 1 aromatic carbocycles. The van der Waals surface area contributed by atoms with E-state index in [9.17, 15) is 15.3 Å². The van der Waals surface area contributed by atoms with Crippen molar-refractivity contribution in [2.45, 2.75) is 63.3 Å².